The average Bonchev–Trinajstić information content (AvgIpc) is 2.74. The molecule has 0 saturated carbocycles. The third-order valence-corrected chi connectivity index (χ3v) is 2.60. The Bertz CT molecular complexity index is 273. The van der Waals surface area contributed by atoms with E-state index in [1.165, 1.54) is 12.1 Å². The second kappa shape index (κ2) is 3.46. The van der Waals surface area contributed by atoms with Crippen molar-refractivity contribution >= 4 is 0 Å². The molecule has 0 spiro atoms. The molecule has 1 aromatic heterocycles. The van der Waals surface area contributed by atoms with Gasteiger partial charge in [-0.25, -0.2) is 0 Å². The van der Waals surface area contributed by atoms with E-state index in [0.717, 1.165) is 18.8 Å². The van der Waals surface area contributed by atoms with Crippen molar-refractivity contribution in [2.75, 3.05) is 13.1 Å². The van der Waals surface area contributed by atoms with E-state index in [1.54, 1.807) is 0 Å². The van der Waals surface area contributed by atoms with Crippen LogP contribution in [0.5, 0.6) is 0 Å². The lowest BCUT2D eigenvalue weighted by atomic mass is 9.98. The van der Waals surface area contributed by atoms with E-state index < -0.39 is 0 Å². The fraction of sp³-hybridized carbons (Fsp3) is 0.778. The number of hydrogen-bond donors (Lipinski definition) is 2. The molecule has 0 amide bonds. The molecule has 0 aromatic carbocycles. The molecule has 13 heavy (non-hydrogen) atoms. The van der Waals surface area contributed by atoms with E-state index in [2.05, 4.69) is 34.6 Å². The van der Waals surface area contributed by atoms with Gasteiger partial charge in [-0.3, -0.25) is 0 Å². The van der Waals surface area contributed by atoms with Crippen LogP contribution in [-0.4, -0.2) is 28.5 Å². The number of aromatic amines is 1. The van der Waals surface area contributed by atoms with E-state index in [4.69, 9.17) is 0 Å². The van der Waals surface area contributed by atoms with Crippen LogP contribution in [0.4, 0.5) is 0 Å². The van der Waals surface area contributed by atoms with Gasteiger partial charge in [0.15, 0.2) is 0 Å². The molecule has 0 bridgehead atoms. The second-order valence-electron chi connectivity index (χ2n) is 3.94. The van der Waals surface area contributed by atoms with E-state index in [1.807, 2.05) is 0 Å². The van der Waals surface area contributed by atoms with Crippen LogP contribution >= 0.6 is 0 Å². The highest BCUT2D eigenvalue weighted by atomic mass is 15.3. The van der Waals surface area contributed by atoms with Crippen LogP contribution in [0.1, 0.15) is 43.5 Å². The minimum absolute atomic E-state index is 0.467. The number of nitrogens with zero attached hydrogens (tertiary/aromatic N) is 2. The standard InChI is InChI=1S/C9H16N4/c1-6(2)8-9(12-13-11-8)7-3-4-10-5-7/h6-7,10H,3-5H2,1-2H3,(H,11,12,13). The topological polar surface area (TPSA) is 53.6 Å². The maximum absolute atomic E-state index is 4.24. The first-order valence-corrected chi connectivity index (χ1v) is 4.90. The van der Waals surface area contributed by atoms with Gasteiger partial charge in [0, 0.05) is 12.5 Å². The molecule has 2 N–H and O–H groups in total. The highest BCUT2D eigenvalue weighted by molar-refractivity contribution is 5.18. The van der Waals surface area contributed by atoms with Crippen LogP contribution in [0.15, 0.2) is 0 Å². The molecule has 2 rings (SSSR count). The highest BCUT2D eigenvalue weighted by Crippen LogP contribution is 2.26. The summed E-state index contributed by atoms with van der Waals surface area (Å²) in [5.74, 6) is 1.03. The Morgan fingerprint density at radius 3 is 2.85 bits per heavy atom. The van der Waals surface area contributed by atoms with Crippen molar-refractivity contribution in [1.82, 2.24) is 20.7 Å². The Hall–Kier alpha value is -0.900. The van der Waals surface area contributed by atoms with Crippen LogP contribution in [0.2, 0.25) is 0 Å². The Labute approximate surface area is 78.1 Å². The summed E-state index contributed by atoms with van der Waals surface area (Å²) >= 11 is 0. The summed E-state index contributed by atoms with van der Waals surface area (Å²) in [7, 11) is 0. The normalized spacial score (nSPS) is 22.8. The summed E-state index contributed by atoms with van der Waals surface area (Å²) in [6.45, 7) is 6.47. The molecule has 0 aliphatic carbocycles. The van der Waals surface area contributed by atoms with Gasteiger partial charge in [0.1, 0.15) is 0 Å². The molecular formula is C9H16N4. The fourth-order valence-electron chi connectivity index (χ4n) is 1.86. The predicted octanol–water partition coefficient (Wildman–Crippen LogP) is 1.00. The molecule has 0 radical (unpaired) electrons. The van der Waals surface area contributed by atoms with Crippen LogP contribution in [0, 0.1) is 0 Å². The lowest BCUT2D eigenvalue weighted by Gasteiger charge is -2.08. The first kappa shape index (κ1) is 8.69. The van der Waals surface area contributed by atoms with Gasteiger partial charge >= 0.3 is 0 Å². The van der Waals surface area contributed by atoms with E-state index >= 15 is 0 Å². The van der Waals surface area contributed by atoms with Gasteiger partial charge < -0.3 is 5.32 Å². The number of H-pyrrole nitrogens is 1. The zero-order valence-corrected chi connectivity index (χ0v) is 8.17. The van der Waals surface area contributed by atoms with Crippen molar-refractivity contribution in [1.29, 1.82) is 0 Å². The third kappa shape index (κ3) is 1.58. The predicted molar refractivity (Wildman–Crippen MR) is 50.7 cm³/mol. The van der Waals surface area contributed by atoms with E-state index in [-0.39, 0.29) is 0 Å². The molecule has 72 valence electrons. The summed E-state index contributed by atoms with van der Waals surface area (Å²) in [5.41, 5.74) is 2.30. The zero-order chi connectivity index (χ0) is 9.26. The molecule has 2 heterocycles. The molecule has 1 aliphatic heterocycles. The van der Waals surface area contributed by atoms with Crippen molar-refractivity contribution in [3.63, 3.8) is 0 Å². The zero-order valence-electron chi connectivity index (χ0n) is 8.17. The molecule has 1 fully saturated rings. The first-order chi connectivity index (χ1) is 6.29. The molecular weight excluding hydrogens is 164 g/mol. The summed E-state index contributed by atoms with van der Waals surface area (Å²) in [6.07, 6.45) is 1.19. The summed E-state index contributed by atoms with van der Waals surface area (Å²) < 4.78 is 0. The lowest BCUT2D eigenvalue weighted by molar-refractivity contribution is 0.704. The Morgan fingerprint density at radius 2 is 2.23 bits per heavy atom. The van der Waals surface area contributed by atoms with Crippen LogP contribution < -0.4 is 5.32 Å². The number of hydrogen-bond acceptors (Lipinski definition) is 3. The third-order valence-electron chi connectivity index (χ3n) is 2.60. The maximum Gasteiger partial charge on any atom is 0.0903 e. The first-order valence-electron chi connectivity index (χ1n) is 4.90. The largest absolute Gasteiger partial charge is 0.316 e. The molecule has 1 atom stereocenters. The van der Waals surface area contributed by atoms with Gasteiger partial charge in [0.2, 0.25) is 0 Å². The SMILES string of the molecule is CC(C)c1n[nH]nc1C1CCNC1. The van der Waals surface area contributed by atoms with E-state index in [9.17, 15) is 0 Å². The van der Waals surface area contributed by atoms with Crippen LogP contribution in [0.25, 0.3) is 0 Å². The Kier molecular flexibility index (Phi) is 2.31. The molecule has 1 saturated heterocycles. The maximum atomic E-state index is 4.24. The molecule has 1 unspecified atom stereocenters. The quantitative estimate of drug-likeness (QED) is 0.714. The Balaban J connectivity index is 2.23. The minimum atomic E-state index is 0.467. The highest BCUT2D eigenvalue weighted by Gasteiger charge is 2.23. The average molecular weight is 180 g/mol. The lowest BCUT2D eigenvalue weighted by Crippen LogP contribution is -2.09. The van der Waals surface area contributed by atoms with Gasteiger partial charge in [0.05, 0.1) is 11.4 Å². The van der Waals surface area contributed by atoms with Crippen molar-refractivity contribution in [2.24, 2.45) is 0 Å². The van der Waals surface area contributed by atoms with Gasteiger partial charge in [-0.1, -0.05) is 13.8 Å². The van der Waals surface area contributed by atoms with Gasteiger partial charge in [-0.15, -0.1) is 0 Å². The van der Waals surface area contributed by atoms with E-state index in [0.29, 0.717) is 11.8 Å². The summed E-state index contributed by atoms with van der Waals surface area (Å²) in [5, 5.41) is 14.5. The fourth-order valence-corrected chi connectivity index (χ4v) is 1.86. The van der Waals surface area contributed by atoms with Gasteiger partial charge in [-0.2, -0.15) is 15.4 Å². The monoisotopic (exact) mass is 180 g/mol. The van der Waals surface area contributed by atoms with Crippen molar-refractivity contribution in [2.45, 2.75) is 32.1 Å². The molecule has 4 nitrogen and oxygen atoms in total. The van der Waals surface area contributed by atoms with Gasteiger partial charge in [-0.05, 0) is 18.9 Å². The number of rotatable bonds is 2. The number of aromatic nitrogens is 3. The van der Waals surface area contributed by atoms with Crippen molar-refractivity contribution in [3.05, 3.63) is 11.4 Å². The minimum Gasteiger partial charge on any atom is -0.316 e. The Morgan fingerprint density at radius 1 is 1.38 bits per heavy atom. The van der Waals surface area contributed by atoms with Crippen LogP contribution in [-0.2, 0) is 0 Å². The smallest absolute Gasteiger partial charge is 0.0903 e. The molecule has 1 aromatic rings. The van der Waals surface area contributed by atoms with Crippen LogP contribution in [0.3, 0.4) is 0 Å². The second-order valence-corrected chi connectivity index (χ2v) is 3.94. The summed E-state index contributed by atoms with van der Waals surface area (Å²) in [4.78, 5) is 0. The summed E-state index contributed by atoms with van der Waals surface area (Å²) in [6, 6.07) is 0. The molecule has 1 aliphatic rings. The van der Waals surface area contributed by atoms with Crippen molar-refractivity contribution in [3.8, 4) is 0 Å². The molecule has 4 heteroatoms. The van der Waals surface area contributed by atoms with Crippen molar-refractivity contribution < 1.29 is 0 Å². The van der Waals surface area contributed by atoms with Gasteiger partial charge in [0.25, 0.3) is 0 Å². The number of nitrogens with one attached hydrogen (secondary N) is 2.